The number of thiazole rings is 1. The Balaban J connectivity index is 2.16. The zero-order chi connectivity index (χ0) is 13.1. The monoisotopic (exact) mass is 270 g/mol. The smallest absolute Gasteiger partial charge is 0.309 e. The third-order valence-electron chi connectivity index (χ3n) is 2.08. The molecular weight excluding hydrogens is 262 g/mol. The first kappa shape index (κ1) is 12.4. The number of anilines is 2. The lowest BCUT2D eigenvalue weighted by Gasteiger charge is -2.03. The molecule has 0 aliphatic rings. The maximum Gasteiger partial charge on any atom is 0.309 e. The molecule has 0 aliphatic heterocycles. The van der Waals surface area contributed by atoms with E-state index in [1.165, 1.54) is 12.1 Å². The first-order chi connectivity index (χ1) is 8.56. The number of carbonyl (C=O) groups is 1. The number of halogens is 2. The van der Waals surface area contributed by atoms with Crippen LogP contribution < -0.4 is 5.32 Å². The van der Waals surface area contributed by atoms with Crippen molar-refractivity contribution in [1.29, 1.82) is 0 Å². The van der Waals surface area contributed by atoms with Gasteiger partial charge in [0.15, 0.2) is 16.8 Å². The number of nitrogens with one attached hydrogen (secondary N) is 1. The molecule has 2 aromatic rings. The van der Waals surface area contributed by atoms with Crippen LogP contribution in [0, 0.1) is 11.6 Å². The fraction of sp³-hybridized carbons (Fsp3) is 0.0909. The number of nitrogens with zero attached hydrogens (tertiary/aromatic N) is 1. The van der Waals surface area contributed by atoms with Crippen LogP contribution in [-0.2, 0) is 11.2 Å². The second-order valence-corrected chi connectivity index (χ2v) is 4.30. The van der Waals surface area contributed by atoms with Gasteiger partial charge in [-0.3, -0.25) is 4.79 Å². The van der Waals surface area contributed by atoms with Crippen molar-refractivity contribution in [1.82, 2.24) is 4.98 Å². The molecule has 0 bridgehead atoms. The van der Waals surface area contributed by atoms with Gasteiger partial charge in [-0.1, -0.05) is 6.07 Å². The van der Waals surface area contributed by atoms with E-state index >= 15 is 0 Å². The molecule has 1 aromatic heterocycles. The minimum absolute atomic E-state index is 0.0359. The van der Waals surface area contributed by atoms with Crippen LogP contribution in [0.5, 0.6) is 0 Å². The van der Waals surface area contributed by atoms with Crippen LogP contribution in [-0.4, -0.2) is 16.1 Å². The summed E-state index contributed by atoms with van der Waals surface area (Å²) in [6, 6.07) is 3.75. The van der Waals surface area contributed by atoms with Crippen LogP contribution in [0.1, 0.15) is 5.69 Å². The molecule has 7 heteroatoms. The molecule has 0 amide bonds. The molecule has 1 aromatic carbocycles. The van der Waals surface area contributed by atoms with Gasteiger partial charge >= 0.3 is 5.97 Å². The van der Waals surface area contributed by atoms with Gasteiger partial charge in [-0.05, 0) is 12.1 Å². The van der Waals surface area contributed by atoms with Crippen molar-refractivity contribution in [3.05, 3.63) is 40.9 Å². The number of carboxylic acid groups (broad SMARTS) is 1. The van der Waals surface area contributed by atoms with Crippen molar-refractivity contribution in [3.8, 4) is 0 Å². The molecule has 0 aliphatic carbocycles. The molecule has 2 rings (SSSR count). The summed E-state index contributed by atoms with van der Waals surface area (Å²) >= 11 is 1.13. The van der Waals surface area contributed by atoms with Crippen molar-refractivity contribution in [3.63, 3.8) is 0 Å². The Morgan fingerprint density at radius 1 is 1.44 bits per heavy atom. The van der Waals surface area contributed by atoms with Crippen LogP contribution in [0.15, 0.2) is 23.6 Å². The normalized spacial score (nSPS) is 10.3. The van der Waals surface area contributed by atoms with Crippen molar-refractivity contribution in [2.45, 2.75) is 6.42 Å². The van der Waals surface area contributed by atoms with Crippen molar-refractivity contribution < 1.29 is 18.7 Å². The summed E-state index contributed by atoms with van der Waals surface area (Å²) in [6.07, 6.45) is -0.205. The van der Waals surface area contributed by atoms with E-state index in [2.05, 4.69) is 10.3 Å². The Hall–Kier alpha value is -2.02. The minimum atomic E-state index is -0.996. The zero-order valence-corrected chi connectivity index (χ0v) is 9.80. The summed E-state index contributed by atoms with van der Waals surface area (Å²) in [7, 11) is 0. The molecule has 0 unspecified atom stereocenters. The largest absolute Gasteiger partial charge is 0.481 e. The van der Waals surface area contributed by atoms with E-state index in [0.717, 1.165) is 17.4 Å². The van der Waals surface area contributed by atoms with E-state index in [1.807, 2.05) is 0 Å². The Kier molecular flexibility index (Phi) is 3.52. The zero-order valence-electron chi connectivity index (χ0n) is 8.98. The predicted octanol–water partition coefficient (Wildman–Crippen LogP) is 2.79. The summed E-state index contributed by atoms with van der Waals surface area (Å²) in [5, 5.41) is 13.1. The van der Waals surface area contributed by atoms with Gasteiger partial charge in [0, 0.05) is 5.38 Å². The topological polar surface area (TPSA) is 62.2 Å². The number of benzene rings is 1. The molecule has 18 heavy (non-hydrogen) atoms. The highest BCUT2D eigenvalue weighted by atomic mass is 32.1. The fourth-order valence-corrected chi connectivity index (χ4v) is 2.04. The average molecular weight is 270 g/mol. The molecule has 0 spiro atoms. The van der Waals surface area contributed by atoms with Gasteiger partial charge in [0.25, 0.3) is 0 Å². The van der Waals surface area contributed by atoms with Crippen LogP contribution in [0.4, 0.5) is 19.6 Å². The van der Waals surface area contributed by atoms with Gasteiger partial charge < -0.3 is 10.4 Å². The molecule has 0 saturated carbocycles. The Morgan fingerprint density at radius 3 is 2.94 bits per heavy atom. The van der Waals surface area contributed by atoms with Gasteiger partial charge in [-0.25, -0.2) is 13.8 Å². The number of aliphatic carboxylic acids is 1. The maximum absolute atomic E-state index is 13.3. The molecule has 0 atom stereocenters. The third kappa shape index (κ3) is 2.80. The van der Waals surface area contributed by atoms with E-state index in [-0.39, 0.29) is 12.1 Å². The second kappa shape index (κ2) is 5.09. The van der Waals surface area contributed by atoms with Crippen LogP contribution in [0.25, 0.3) is 0 Å². The Morgan fingerprint density at radius 2 is 2.22 bits per heavy atom. The van der Waals surface area contributed by atoms with Crippen LogP contribution >= 0.6 is 11.3 Å². The minimum Gasteiger partial charge on any atom is -0.481 e. The van der Waals surface area contributed by atoms with Crippen LogP contribution in [0.3, 0.4) is 0 Å². The van der Waals surface area contributed by atoms with E-state index in [9.17, 15) is 13.6 Å². The lowest BCUT2D eigenvalue weighted by Crippen LogP contribution is -2.01. The number of hydrogen-bond donors (Lipinski definition) is 2. The van der Waals surface area contributed by atoms with E-state index < -0.39 is 17.6 Å². The molecule has 0 radical (unpaired) electrons. The number of hydrogen-bond acceptors (Lipinski definition) is 4. The van der Waals surface area contributed by atoms with E-state index in [4.69, 9.17) is 5.11 Å². The summed E-state index contributed by atoms with van der Waals surface area (Å²) in [5.74, 6) is -2.95. The van der Waals surface area contributed by atoms with Gasteiger partial charge in [0.2, 0.25) is 0 Å². The summed E-state index contributed by atoms with van der Waals surface area (Å²) < 4.78 is 26.3. The standard InChI is InChI=1S/C11H8F2N2O2S/c12-7-2-1-3-8(10(7)13)15-11-14-6(5-18-11)4-9(16)17/h1-3,5H,4H2,(H,14,15)(H,16,17). The highest BCUT2D eigenvalue weighted by Gasteiger charge is 2.10. The van der Waals surface area contributed by atoms with E-state index in [1.54, 1.807) is 5.38 Å². The first-order valence-electron chi connectivity index (χ1n) is 4.93. The Labute approximate surface area is 105 Å². The molecular formula is C11H8F2N2O2S. The molecule has 2 N–H and O–H groups in total. The van der Waals surface area contributed by atoms with Crippen molar-refractivity contribution in [2.75, 3.05) is 5.32 Å². The lowest BCUT2D eigenvalue weighted by atomic mass is 10.3. The molecule has 1 heterocycles. The van der Waals surface area contributed by atoms with Gasteiger partial charge in [-0.2, -0.15) is 0 Å². The highest BCUT2D eigenvalue weighted by Crippen LogP contribution is 2.24. The molecule has 94 valence electrons. The van der Waals surface area contributed by atoms with Crippen molar-refractivity contribution >= 4 is 28.1 Å². The second-order valence-electron chi connectivity index (χ2n) is 3.44. The fourth-order valence-electron chi connectivity index (χ4n) is 1.32. The maximum atomic E-state index is 13.3. The quantitative estimate of drug-likeness (QED) is 0.896. The highest BCUT2D eigenvalue weighted by molar-refractivity contribution is 7.13. The average Bonchev–Trinajstić information content (AvgIpc) is 2.71. The predicted molar refractivity (Wildman–Crippen MR) is 63.1 cm³/mol. The number of carboxylic acids is 1. The van der Waals surface area contributed by atoms with Crippen molar-refractivity contribution in [2.24, 2.45) is 0 Å². The SMILES string of the molecule is O=C(O)Cc1csc(Nc2cccc(F)c2F)n1. The Bertz CT molecular complexity index is 586. The molecule has 4 nitrogen and oxygen atoms in total. The summed E-state index contributed by atoms with van der Waals surface area (Å²) in [6.45, 7) is 0. The molecule has 0 saturated heterocycles. The third-order valence-corrected chi connectivity index (χ3v) is 2.88. The summed E-state index contributed by atoms with van der Waals surface area (Å²) in [5.41, 5.74) is 0.332. The van der Waals surface area contributed by atoms with Gasteiger partial charge in [0.1, 0.15) is 0 Å². The molecule has 0 fully saturated rings. The lowest BCUT2D eigenvalue weighted by molar-refractivity contribution is -0.136. The van der Waals surface area contributed by atoms with E-state index in [0.29, 0.717) is 10.8 Å². The number of aromatic nitrogens is 1. The first-order valence-corrected chi connectivity index (χ1v) is 5.81. The van der Waals surface area contributed by atoms with Crippen LogP contribution in [0.2, 0.25) is 0 Å². The van der Waals surface area contributed by atoms with Gasteiger partial charge in [0.05, 0.1) is 17.8 Å². The van der Waals surface area contributed by atoms with Gasteiger partial charge in [-0.15, -0.1) is 11.3 Å². The number of rotatable bonds is 4. The summed E-state index contributed by atoms with van der Waals surface area (Å²) in [4.78, 5) is 14.4.